The van der Waals surface area contributed by atoms with Gasteiger partial charge in [-0.15, -0.1) is 0 Å². The second-order valence-electron chi connectivity index (χ2n) is 7.94. The lowest BCUT2D eigenvalue weighted by atomic mass is 10.0. The van der Waals surface area contributed by atoms with Gasteiger partial charge in [0.2, 0.25) is 5.91 Å². The molecule has 1 aromatic heterocycles. The molecule has 2 aliphatic heterocycles. The predicted molar refractivity (Wildman–Crippen MR) is 117 cm³/mol. The van der Waals surface area contributed by atoms with Crippen molar-refractivity contribution >= 4 is 21.6 Å². The summed E-state index contributed by atoms with van der Waals surface area (Å²) in [4.78, 5) is 21.9. The number of amides is 1. The van der Waals surface area contributed by atoms with E-state index in [1.807, 2.05) is 47.4 Å². The van der Waals surface area contributed by atoms with Crippen LogP contribution in [0.15, 0.2) is 48.7 Å². The molecule has 30 heavy (non-hydrogen) atoms. The maximum absolute atomic E-state index is 13.2. The second kappa shape index (κ2) is 9.14. The molecule has 0 radical (unpaired) electrons. The minimum absolute atomic E-state index is 0.0904. The third kappa shape index (κ3) is 4.99. The molecule has 3 heterocycles. The summed E-state index contributed by atoms with van der Waals surface area (Å²) in [5.41, 5.74) is 1.88. The molecule has 160 valence electrons. The number of carbonyl (C=O) groups excluding carboxylic acids is 1. The van der Waals surface area contributed by atoms with Crippen LogP contribution in [-0.4, -0.2) is 61.9 Å². The van der Waals surface area contributed by atoms with Crippen molar-refractivity contribution < 1.29 is 13.2 Å². The molecule has 1 aromatic carbocycles. The van der Waals surface area contributed by atoms with Crippen LogP contribution in [-0.2, 0) is 21.2 Å². The average Bonchev–Trinajstić information content (AvgIpc) is 3.30. The van der Waals surface area contributed by atoms with E-state index >= 15 is 0 Å². The maximum atomic E-state index is 13.2. The Balaban J connectivity index is 1.46. The first-order valence-corrected chi connectivity index (χ1v) is 12.3. The van der Waals surface area contributed by atoms with E-state index in [0.29, 0.717) is 19.6 Å². The zero-order valence-corrected chi connectivity index (χ0v) is 17.9. The summed E-state index contributed by atoms with van der Waals surface area (Å²) in [6, 6.07) is 13.0. The van der Waals surface area contributed by atoms with Gasteiger partial charge in [-0.05, 0) is 36.1 Å². The SMILES string of the molecule is O=C(NCc1ccnc(N2CCCC2)c1)C(c1ccccc1)N1CCS(=O)(=O)CC1. The first-order chi connectivity index (χ1) is 14.5. The maximum Gasteiger partial charge on any atom is 0.242 e. The Morgan fingerprint density at radius 3 is 2.43 bits per heavy atom. The fourth-order valence-electron chi connectivity index (χ4n) is 4.12. The van der Waals surface area contributed by atoms with E-state index in [1.54, 1.807) is 6.20 Å². The number of anilines is 1. The van der Waals surface area contributed by atoms with Crippen LogP contribution >= 0.6 is 0 Å². The van der Waals surface area contributed by atoms with Gasteiger partial charge in [0.05, 0.1) is 11.5 Å². The van der Waals surface area contributed by atoms with Gasteiger partial charge in [0.15, 0.2) is 9.84 Å². The summed E-state index contributed by atoms with van der Waals surface area (Å²) in [5.74, 6) is 1.03. The number of rotatable bonds is 6. The van der Waals surface area contributed by atoms with Crippen LogP contribution < -0.4 is 10.2 Å². The van der Waals surface area contributed by atoms with Gasteiger partial charge in [-0.1, -0.05) is 30.3 Å². The lowest BCUT2D eigenvalue weighted by Gasteiger charge is -2.33. The van der Waals surface area contributed by atoms with Crippen molar-refractivity contribution in [1.82, 2.24) is 15.2 Å². The first kappa shape index (κ1) is 20.8. The number of benzene rings is 1. The van der Waals surface area contributed by atoms with Gasteiger partial charge in [-0.25, -0.2) is 13.4 Å². The third-order valence-corrected chi connectivity index (χ3v) is 7.42. The summed E-state index contributed by atoms with van der Waals surface area (Å²) in [6.07, 6.45) is 4.17. The van der Waals surface area contributed by atoms with Crippen molar-refractivity contribution in [2.75, 3.05) is 42.6 Å². The molecule has 0 spiro atoms. The lowest BCUT2D eigenvalue weighted by molar-refractivity contribution is -0.126. The van der Waals surface area contributed by atoms with E-state index < -0.39 is 15.9 Å². The molecule has 1 amide bonds. The van der Waals surface area contributed by atoms with E-state index in [9.17, 15) is 13.2 Å². The lowest BCUT2D eigenvalue weighted by Crippen LogP contribution is -2.47. The zero-order valence-electron chi connectivity index (χ0n) is 17.0. The summed E-state index contributed by atoms with van der Waals surface area (Å²) in [6.45, 7) is 3.19. The van der Waals surface area contributed by atoms with Crippen LogP contribution in [0.1, 0.15) is 30.0 Å². The average molecular weight is 429 g/mol. The Kier molecular flexibility index (Phi) is 6.34. The molecule has 1 unspecified atom stereocenters. The van der Waals surface area contributed by atoms with Gasteiger partial charge in [0, 0.05) is 38.9 Å². The van der Waals surface area contributed by atoms with E-state index in [2.05, 4.69) is 15.2 Å². The molecule has 0 bridgehead atoms. The first-order valence-electron chi connectivity index (χ1n) is 10.5. The highest BCUT2D eigenvalue weighted by Gasteiger charge is 2.32. The molecular weight excluding hydrogens is 400 g/mol. The Bertz CT molecular complexity index is 961. The van der Waals surface area contributed by atoms with Gasteiger partial charge in [0.25, 0.3) is 0 Å². The Morgan fingerprint density at radius 1 is 1.03 bits per heavy atom. The van der Waals surface area contributed by atoms with Crippen molar-refractivity contribution in [3.8, 4) is 0 Å². The number of aromatic nitrogens is 1. The predicted octanol–water partition coefficient (Wildman–Crippen LogP) is 1.77. The number of hydrogen-bond acceptors (Lipinski definition) is 6. The van der Waals surface area contributed by atoms with Crippen molar-refractivity contribution in [3.05, 3.63) is 59.8 Å². The van der Waals surface area contributed by atoms with Gasteiger partial charge < -0.3 is 10.2 Å². The third-order valence-electron chi connectivity index (χ3n) is 5.81. The minimum Gasteiger partial charge on any atom is -0.357 e. The van der Waals surface area contributed by atoms with E-state index in [0.717, 1.165) is 30.0 Å². The molecule has 1 N–H and O–H groups in total. The van der Waals surface area contributed by atoms with Gasteiger partial charge in [-0.3, -0.25) is 9.69 Å². The smallest absolute Gasteiger partial charge is 0.242 e. The van der Waals surface area contributed by atoms with Crippen LogP contribution in [0.2, 0.25) is 0 Å². The van der Waals surface area contributed by atoms with Gasteiger partial charge in [0.1, 0.15) is 11.9 Å². The highest BCUT2D eigenvalue weighted by Crippen LogP contribution is 2.24. The van der Waals surface area contributed by atoms with Crippen LogP contribution in [0.5, 0.6) is 0 Å². The molecule has 7 nitrogen and oxygen atoms in total. The molecule has 4 rings (SSSR count). The van der Waals surface area contributed by atoms with Gasteiger partial charge in [-0.2, -0.15) is 0 Å². The molecule has 8 heteroatoms. The van der Waals surface area contributed by atoms with Crippen LogP contribution in [0.25, 0.3) is 0 Å². The second-order valence-corrected chi connectivity index (χ2v) is 10.2. The van der Waals surface area contributed by atoms with Crippen molar-refractivity contribution in [2.45, 2.75) is 25.4 Å². The van der Waals surface area contributed by atoms with Crippen molar-refractivity contribution in [2.24, 2.45) is 0 Å². The van der Waals surface area contributed by atoms with Crippen molar-refractivity contribution in [3.63, 3.8) is 0 Å². The molecule has 2 aliphatic rings. The van der Waals surface area contributed by atoms with Crippen LogP contribution in [0.4, 0.5) is 5.82 Å². The summed E-state index contributed by atoms with van der Waals surface area (Å²) >= 11 is 0. The molecule has 0 aliphatic carbocycles. The van der Waals surface area contributed by atoms with Crippen LogP contribution in [0, 0.1) is 0 Å². The number of nitrogens with zero attached hydrogens (tertiary/aromatic N) is 3. The highest BCUT2D eigenvalue weighted by molar-refractivity contribution is 7.91. The number of sulfone groups is 1. The Hall–Kier alpha value is -2.45. The fraction of sp³-hybridized carbons (Fsp3) is 0.455. The van der Waals surface area contributed by atoms with E-state index in [-0.39, 0.29) is 17.4 Å². The van der Waals surface area contributed by atoms with E-state index in [4.69, 9.17) is 0 Å². The normalized spacial score (nSPS) is 20.1. The zero-order chi connectivity index (χ0) is 21.0. The summed E-state index contributed by atoms with van der Waals surface area (Å²) < 4.78 is 23.7. The summed E-state index contributed by atoms with van der Waals surface area (Å²) in [5, 5.41) is 3.06. The molecular formula is C22H28N4O3S. The summed E-state index contributed by atoms with van der Waals surface area (Å²) in [7, 11) is -3.01. The minimum atomic E-state index is -3.01. The number of carbonyl (C=O) groups is 1. The Labute approximate surface area is 178 Å². The number of pyridine rings is 1. The number of nitrogens with one attached hydrogen (secondary N) is 1. The fourth-order valence-corrected chi connectivity index (χ4v) is 5.35. The molecule has 2 saturated heterocycles. The van der Waals surface area contributed by atoms with Gasteiger partial charge >= 0.3 is 0 Å². The largest absolute Gasteiger partial charge is 0.357 e. The van der Waals surface area contributed by atoms with Crippen molar-refractivity contribution in [1.29, 1.82) is 0 Å². The standard InChI is InChI=1S/C22H28N4O3S/c27-22(24-17-18-8-9-23-20(16-18)25-10-4-5-11-25)21(19-6-2-1-3-7-19)26-12-14-30(28,29)15-13-26/h1-3,6-9,16,21H,4-5,10-15,17H2,(H,24,27). The highest BCUT2D eigenvalue weighted by atomic mass is 32.2. The Morgan fingerprint density at radius 2 is 1.73 bits per heavy atom. The quantitative estimate of drug-likeness (QED) is 0.755. The topological polar surface area (TPSA) is 82.6 Å². The monoisotopic (exact) mass is 428 g/mol. The van der Waals surface area contributed by atoms with Crippen LogP contribution in [0.3, 0.4) is 0 Å². The van der Waals surface area contributed by atoms with E-state index in [1.165, 1.54) is 12.8 Å². The number of hydrogen-bond donors (Lipinski definition) is 1. The molecule has 0 saturated carbocycles. The molecule has 2 fully saturated rings. The molecule has 1 atom stereocenters. The molecule has 2 aromatic rings.